The molecule has 1 aliphatic carbocycles. The number of carbonyl (C=O) groups excluding carboxylic acids is 2. The summed E-state index contributed by atoms with van der Waals surface area (Å²) in [5.74, 6) is -0.310. The molecule has 1 aliphatic rings. The van der Waals surface area contributed by atoms with E-state index in [1.807, 2.05) is 0 Å². The maximum atomic E-state index is 10.8. The topological polar surface area (TPSA) is 34.1 Å². The minimum atomic E-state index is -0.390. The van der Waals surface area contributed by atoms with E-state index in [0.717, 1.165) is 19.3 Å². The molecule has 0 heterocycles. The summed E-state index contributed by atoms with van der Waals surface area (Å²) in [6, 6.07) is 0. The number of Topliss-reactive ketones (excluding diaryl/α,β-unsaturated/α-hetero) is 1. The predicted molar refractivity (Wildman–Crippen MR) is 32.7 cm³/mol. The van der Waals surface area contributed by atoms with E-state index in [-0.39, 0.29) is 35.3 Å². The van der Waals surface area contributed by atoms with Crippen LogP contribution in [0.15, 0.2) is 0 Å². The van der Waals surface area contributed by atoms with E-state index in [4.69, 9.17) is 0 Å². The van der Waals surface area contributed by atoms with Gasteiger partial charge in [-0.25, -0.2) is 0 Å². The van der Waals surface area contributed by atoms with Crippen molar-refractivity contribution in [2.24, 2.45) is 5.92 Å². The molecule has 0 aromatic heterocycles. The van der Waals surface area contributed by atoms with Gasteiger partial charge in [-0.15, -0.1) is 0 Å². The first-order valence-electron chi connectivity index (χ1n) is 3.25. The van der Waals surface area contributed by atoms with E-state index in [9.17, 15) is 9.59 Å². The maximum Gasteiger partial charge on any atom is 1.00 e. The van der Waals surface area contributed by atoms with Gasteiger partial charge in [0.15, 0.2) is 0 Å². The van der Waals surface area contributed by atoms with E-state index in [1.165, 1.54) is 0 Å². The summed E-state index contributed by atoms with van der Waals surface area (Å²) in [6.45, 7) is 0. The second-order valence-electron chi connectivity index (χ2n) is 2.38. The van der Waals surface area contributed by atoms with Crippen molar-refractivity contribution < 1.29 is 39.1 Å². The molecule has 0 radical (unpaired) electrons. The summed E-state index contributed by atoms with van der Waals surface area (Å²) in [5.41, 5.74) is 0. The van der Waals surface area contributed by atoms with Crippen molar-refractivity contribution in [1.82, 2.24) is 0 Å². The summed E-state index contributed by atoms with van der Waals surface area (Å²) in [7, 11) is 0. The Morgan fingerprint density at radius 3 is 2.50 bits per heavy atom. The first kappa shape index (κ1) is 10.3. The van der Waals surface area contributed by atoms with Crippen molar-refractivity contribution in [1.29, 1.82) is 0 Å². The Morgan fingerprint density at radius 1 is 1.40 bits per heavy atom. The van der Waals surface area contributed by atoms with Crippen molar-refractivity contribution >= 4 is 12.1 Å². The Labute approximate surface area is 82.7 Å². The molecule has 0 aliphatic heterocycles. The van der Waals surface area contributed by atoms with Crippen molar-refractivity contribution in [2.45, 2.75) is 25.7 Å². The normalized spacial score (nSPS) is 25.2. The third kappa shape index (κ3) is 2.52. The van der Waals surface area contributed by atoms with Crippen LogP contribution in [-0.4, -0.2) is 12.1 Å². The number of hydrogen-bond donors (Lipinski definition) is 0. The summed E-state index contributed by atoms with van der Waals surface area (Å²) < 4.78 is 0. The molecule has 0 aromatic rings. The van der Waals surface area contributed by atoms with E-state index in [1.54, 1.807) is 6.29 Å². The smallest absolute Gasteiger partial charge is 0.541 e. The minimum absolute atomic E-state index is 0. The molecule has 0 saturated heterocycles. The fourth-order valence-corrected chi connectivity index (χ4v) is 1.11. The van der Waals surface area contributed by atoms with Crippen molar-refractivity contribution in [3.8, 4) is 0 Å². The van der Waals surface area contributed by atoms with Crippen LogP contribution in [0, 0.1) is 5.92 Å². The Bertz CT molecular complexity index is 134. The van der Waals surface area contributed by atoms with Gasteiger partial charge in [0.05, 0.1) is 0 Å². The second-order valence-corrected chi connectivity index (χ2v) is 2.38. The molecular weight excluding hydrogens is 139 g/mol. The van der Waals surface area contributed by atoms with Crippen LogP contribution in [0.4, 0.5) is 0 Å². The Balaban J connectivity index is 0.000000810. The zero-order valence-electron chi connectivity index (χ0n) is 6.22. The van der Waals surface area contributed by atoms with Crippen LogP contribution in [0.3, 0.4) is 0 Å². The number of carbonyl (C=O) groups is 1. The van der Waals surface area contributed by atoms with Crippen LogP contribution in [0.5, 0.6) is 0 Å². The van der Waals surface area contributed by atoms with Crippen molar-refractivity contribution in [2.75, 3.05) is 0 Å². The monoisotopic (exact) mass is 148 g/mol. The first-order chi connectivity index (χ1) is 4.34. The summed E-state index contributed by atoms with van der Waals surface area (Å²) in [6.07, 6.45) is 5.02. The predicted octanol–water partition coefficient (Wildman–Crippen LogP) is -2.14. The quantitative estimate of drug-likeness (QED) is 0.241. The molecule has 1 saturated carbocycles. The molecule has 3 heteroatoms. The third-order valence-electron chi connectivity index (χ3n) is 1.70. The van der Waals surface area contributed by atoms with Gasteiger partial charge < -0.3 is 9.59 Å². The summed E-state index contributed by atoms with van der Waals surface area (Å²) >= 11 is 0. The Kier molecular flexibility index (Phi) is 5.22. The third-order valence-corrected chi connectivity index (χ3v) is 1.70. The van der Waals surface area contributed by atoms with Crippen LogP contribution in [0.25, 0.3) is 0 Å². The summed E-state index contributed by atoms with van der Waals surface area (Å²) in [5, 5.41) is 0. The summed E-state index contributed by atoms with van der Waals surface area (Å²) in [4.78, 5) is 20.8. The molecule has 10 heavy (non-hydrogen) atoms. The van der Waals surface area contributed by atoms with Crippen LogP contribution >= 0.6 is 0 Å². The number of rotatable bonds is 1. The fourth-order valence-electron chi connectivity index (χ4n) is 1.11. The molecule has 0 aromatic carbocycles. The van der Waals surface area contributed by atoms with Gasteiger partial charge in [0.2, 0.25) is 0 Å². The molecule has 50 valence electrons. The van der Waals surface area contributed by atoms with Crippen LogP contribution in [-0.2, 0) is 9.59 Å². The molecule has 1 atom stereocenters. The van der Waals surface area contributed by atoms with Gasteiger partial charge in [-0.05, 0) is 6.42 Å². The van der Waals surface area contributed by atoms with Crippen LogP contribution in [0.1, 0.15) is 25.7 Å². The molecule has 2 nitrogen and oxygen atoms in total. The second kappa shape index (κ2) is 5.05. The first-order valence-corrected chi connectivity index (χ1v) is 3.25. The van der Waals surface area contributed by atoms with E-state index >= 15 is 0 Å². The average molecular weight is 148 g/mol. The minimum Gasteiger partial charge on any atom is -0.541 e. The van der Waals surface area contributed by atoms with Gasteiger partial charge in [0.25, 0.3) is 0 Å². The van der Waals surface area contributed by atoms with Crippen molar-refractivity contribution in [3.05, 3.63) is 0 Å². The number of hydrogen-bond acceptors (Lipinski definition) is 2. The standard InChI is InChI=1S/C7H9O2.Na/c8-5-6-3-1-2-4-7(6)9;/h6H,1-4H2;/q-1;+1. The van der Waals surface area contributed by atoms with Crippen LogP contribution < -0.4 is 29.6 Å². The molecule has 0 N–H and O–H groups in total. The van der Waals surface area contributed by atoms with Crippen LogP contribution in [0.2, 0.25) is 0 Å². The molecule has 0 spiro atoms. The van der Waals surface area contributed by atoms with Gasteiger partial charge in [0, 0.05) is 6.42 Å². The zero-order valence-corrected chi connectivity index (χ0v) is 8.22. The number of ketones is 1. The van der Waals surface area contributed by atoms with Gasteiger partial charge in [-0.3, -0.25) is 6.29 Å². The van der Waals surface area contributed by atoms with E-state index in [0.29, 0.717) is 6.42 Å². The maximum absolute atomic E-state index is 10.8. The van der Waals surface area contributed by atoms with Gasteiger partial charge in [-0.2, -0.15) is 0 Å². The molecule has 1 fully saturated rings. The molecule has 1 unspecified atom stereocenters. The largest absolute Gasteiger partial charge is 1.00 e. The molecule has 0 bridgehead atoms. The molecule has 1 rings (SSSR count). The fraction of sp³-hybridized carbons (Fsp3) is 0.714. The Morgan fingerprint density at radius 2 is 2.10 bits per heavy atom. The van der Waals surface area contributed by atoms with Gasteiger partial charge in [-0.1, -0.05) is 18.8 Å². The Hall–Kier alpha value is 0.340. The van der Waals surface area contributed by atoms with Gasteiger partial charge in [0.1, 0.15) is 5.78 Å². The van der Waals surface area contributed by atoms with Crippen molar-refractivity contribution in [3.63, 3.8) is 0 Å². The van der Waals surface area contributed by atoms with E-state index < -0.39 is 5.92 Å². The van der Waals surface area contributed by atoms with Gasteiger partial charge >= 0.3 is 29.6 Å². The molecule has 0 amide bonds. The van der Waals surface area contributed by atoms with E-state index in [2.05, 4.69) is 0 Å². The SMILES string of the molecule is O=[C-]C1CCCCC1=O.[Na+]. The molecular formula is C7H9NaO2. The average Bonchev–Trinajstić information content (AvgIpc) is 1.89. The zero-order chi connectivity index (χ0) is 6.69.